The van der Waals surface area contributed by atoms with E-state index in [2.05, 4.69) is 157 Å². The molecule has 6 aromatic rings. The van der Waals surface area contributed by atoms with Crippen molar-refractivity contribution in [3.05, 3.63) is 163 Å². The van der Waals surface area contributed by atoms with E-state index in [-0.39, 0.29) is 6.17 Å². The number of hydrogen-bond donors (Lipinski definition) is 0. The van der Waals surface area contributed by atoms with Crippen LogP contribution in [0.1, 0.15) is 11.1 Å². The highest BCUT2D eigenvalue weighted by molar-refractivity contribution is 6.21. The Kier molecular flexibility index (Phi) is 5.63. The molecule has 2 aliphatic rings. The van der Waals surface area contributed by atoms with Gasteiger partial charge < -0.3 is 4.90 Å². The van der Waals surface area contributed by atoms with E-state index in [4.69, 9.17) is 4.99 Å². The first-order chi connectivity index (χ1) is 20.3. The smallest absolute Gasteiger partial charge is 0.148 e. The first-order valence-electron chi connectivity index (χ1n) is 14.2. The zero-order valence-corrected chi connectivity index (χ0v) is 22.6. The minimum absolute atomic E-state index is 0.0236. The van der Waals surface area contributed by atoms with E-state index in [1.54, 1.807) is 0 Å². The number of allylic oxidation sites excluding steroid dienone is 2. The molecule has 0 bridgehead atoms. The van der Waals surface area contributed by atoms with Crippen LogP contribution in [0.25, 0.3) is 49.4 Å². The first-order valence-corrected chi connectivity index (χ1v) is 14.2. The van der Waals surface area contributed by atoms with Gasteiger partial charge in [-0.1, -0.05) is 140 Å². The van der Waals surface area contributed by atoms with E-state index in [0.717, 1.165) is 12.3 Å². The summed E-state index contributed by atoms with van der Waals surface area (Å²) in [5, 5.41) is 5.10. The van der Waals surface area contributed by atoms with Crippen molar-refractivity contribution in [3.63, 3.8) is 0 Å². The predicted octanol–water partition coefficient (Wildman–Crippen LogP) is 9.37. The maximum absolute atomic E-state index is 5.21. The maximum atomic E-state index is 5.21. The maximum Gasteiger partial charge on any atom is 0.148 e. The van der Waals surface area contributed by atoms with Crippen molar-refractivity contribution < 1.29 is 0 Å². The summed E-state index contributed by atoms with van der Waals surface area (Å²) in [6.07, 6.45) is 6.52. The molecule has 1 atom stereocenters. The third-order valence-electron chi connectivity index (χ3n) is 8.36. The summed E-state index contributed by atoms with van der Waals surface area (Å²) in [5.74, 6) is 0. The molecule has 0 aromatic heterocycles. The van der Waals surface area contributed by atoms with Gasteiger partial charge in [0.05, 0.1) is 12.3 Å². The highest BCUT2D eigenvalue weighted by Crippen LogP contribution is 2.43. The van der Waals surface area contributed by atoms with Crippen LogP contribution in [0.5, 0.6) is 0 Å². The summed E-state index contributed by atoms with van der Waals surface area (Å²) in [4.78, 5) is 7.54. The third kappa shape index (κ3) is 3.99. The highest BCUT2D eigenvalue weighted by Gasteiger charge is 2.30. The molecule has 1 unspecified atom stereocenters. The highest BCUT2D eigenvalue weighted by atomic mass is 15.3. The van der Waals surface area contributed by atoms with E-state index in [1.165, 1.54) is 60.5 Å². The van der Waals surface area contributed by atoms with Gasteiger partial charge in [0, 0.05) is 11.8 Å². The van der Waals surface area contributed by atoms with Crippen LogP contribution in [-0.2, 0) is 0 Å². The van der Waals surface area contributed by atoms with Crippen LogP contribution in [0.15, 0.2) is 157 Å². The first kappa shape index (κ1) is 23.7. The Bertz CT molecular complexity index is 1940. The van der Waals surface area contributed by atoms with Crippen molar-refractivity contribution in [2.24, 2.45) is 4.99 Å². The van der Waals surface area contributed by atoms with E-state index in [9.17, 15) is 0 Å². The van der Waals surface area contributed by atoms with Crippen LogP contribution in [-0.4, -0.2) is 23.3 Å². The summed E-state index contributed by atoms with van der Waals surface area (Å²) in [6, 6.07) is 48.0. The second-order valence-electron chi connectivity index (χ2n) is 10.7. The van der Waals surface area contributed by atoms with Gasteiger partial charge in [-0.3, -0.25) is 4.99 Å². The van der Waals surface area contributed by atoms with Gasteiger partial charge in [0.25, 0.3) is 0 Å². The molecule has 0 saturated heterocycles. The van der Waals surface area contributed by atoms with Gasteiger partial charge in [-0.25, -0.2) is 0 Å². The van der Waals surface area contributed by atoms with Crippen LogP contribution in [0.4, 0.5) is 0 Å². The molecular weight excluding hydrogens is 496 g/mol. The molecular formula is C39H28N2. The lowest BCUT2D eigenvalue weighted by atomic mass is 9.86. The molecule has 8 rings (SSSR count). The molecule has 0 N–H and O–H groups in total. The van der Waals surface area contributed by atoms with Gasteiger partial charge in [0.1, 0.15) is 6.17 Å². The van der Waals surface area contributed by atoms with Crippen molar-refractivity contribution in [1.29, 1.82) is 0 Å². The molecule has 0 radical (unpaired) electrons. The molecule has 0 fully saturated rings. The summed E-state index contributed by atoms with van der Waals surface area (Å²) in [6.45, 7) is 0.808. The number of hydrogen-bond acceptors (Lipinski definition) is 2. The zero-order valence-electron chi connectivity index (χ0n) is 22.6. The molecule has 0 aliphatic carbocycles. The van der Waals surface area contributed by atoms with E-state index in [1.807, 2.05) is 0 Å². The summed E-state index contributed by atoms with van der Waals surface area (Å²) in [5.41, 5.74) is 9.83. The van der Waals surface area contributed by atoms with Gasteiger partial charge >= 0.3 is 0 Å². The molecule has 0 amide bonds. The normalized spacial score (nSPS) is 16.1. The second kappa shape index (κ2) is 9.76. The Morgan fingerprint density at radius 1 is 0.488 bits per heavy atom. The minimum atomic E-state index is 0.0236. The lowest BCUT2D eigenvalue weighted by molar-refractivity contribution is 0.403. The number of aliphatic imine (C=N–C) groups is 1. The number of fused-ring (bicyclic) bond motifs is 3. The zero-order chi connectivity index (χ0) is 27.2. The molecule has 41 heavy (non-hydrogen) atoms. The molecule has 2 aliphatic heterocycles. The van der Waals surface area contributed by atoms with Gasteiger partial charge in [-0.2, -0.15) is 0 Å². The lowest BCUT2D eigenvalue weighted by Crippen LogP contribution is -2.28. The molecule has 0 saturated carbocycles. The fourth-order valence-electron chi connectivity index (χ4n) is 6.47. The largest absolute Gasteiger partial charge is 0.346 e. The number of rotatable bonds is 4. The SMILES string of the molecule is C1=CN2CC(c3ccc(-c4c5ccccc5c(-c5ccccc5)c5ccccc45)cc3)=NC2C(c2ccccc2)=C1. The Balaban J connectivity index is 1.22. The quantitative estimate of drug-likeness (QED) is 0.210. The van der Waals surface area contributed by atoms with Crippen LogP contribution < -0.4 is 0 Å². The topological polar surface area (TPSA) is 15.6 Å². The van der Waals surface area contributed by atoms with Crippen LogP contribution in [0, 0.1) is 0 Å². The number of benzene rings is 6. The van der Waals surface area contributed by atoms with Crippen molar-refractivity contribution >= 4 is 32.8 Å². The van der Waals surface area contributed by atoms with E-state index >= 15 is 0 Å². The Morgan fingerprint density at radius 3 is 1.51 bits per heavy atom. The Hall–Kier alpha value is -5.21. The average molecular weight is 525 g/mol. The van der Waals surface area contributed by atoms with E-state index < -0.39 is 0 Å². The molecule has 6 aromatic carbocycles. The molecule has 0 spiro atoms. The molecule has 194 valence electrons. The lowest BCUT2D eigenvalue weighted by Gasteiger charge is -2.26. The number of nitrogens with zero attached hydrogens (tertiary/aromatic N) is 2. The predicted molar refractivity (Wildman–Crippen MR) is 173 cm³/mol. The van der Waals surface area contributed by atoms with Crippen molar-refractivity contribution in [2.45, 2.75) is 6.17 Å². The Morgan fingerprint density at radius 2 is 0.951 bits per heavy atom. The fraction of sp³-hybridized carbons (Fsp3) is 0.0513. The van der Waals surface area contributed by atoms with E-state index in [0.29, 0.717) is 0 Å². The third-order valence-corrected chi connectivity index (χ3v) is 8.36. The van der Waals surface area contributed by atoms with Gasteiger partial charge in [-0.05, 0) is 61.0 Å². The minimum Gasteiger partial charge on any atom is -0.346 e. The van der Waals surface area contributed by atoms with Gasteiger partial charge in [0.15, 0.2) is 0 Å². The van der Waals surface area contributed by atoms with Crippen molar-refractivity contribution in [1.82, 2.24) is 4.90 Å². The van der Waals surface area contributed by atoms with Gasteiger partial charge in [-0.15, -0.1) is 0 Å². The second-order valence-corrected chi connectivity index (χ2v) is 10.7. The standard InChI is InChI=1S/C39H28N2/c1-3-12-27(13-4-1)31-20-11-25-41-26-36(40-39(31)41)28-21-23-30(24-22-28)38-34-18-9-7-16-32(34)37(29-14-5-2-6-15-29)33-17-8-10-19-35(33)38/h1-25,39H,26H2. The monoisotopic (exact) mass is 524 g/mol. The fourth-order valence-corrected chi connectivity index (χ4v) is 6.47. The average Bonchev–Trinajstić information content (AvgIpc) is 3.49. The summed E-state index contributed by atoms with van der Waals surface area (Å²) < 4.78 is 0. The van der Waals surface area contributed by atoms with Crippen LogP contribution >= 0.6 is 0 Å². The van der Waals surface area contributed by atoms with Crippen molar-refractivity contribution in [3.8, 4) is 22.3 Å². The molecule has 2 heterocycles. The van der Waals surface area contributed by atoms with Crippen LogP contribution in [0.2, 0.25) is 0 Å². The summed E-state index contributed by atoms with van der Waals surface area (Å²) >= 11 is 0. The Labute approximate surface area is 240 Å². The van der Waals surface area contributed by atoms with Crippen LogP contribution in [0.3, 0.4) is 0 Å². The van der Waals surface area contributed by atoms with Gasteiger partial charge in [0.2, 0.25) is 0 Å². The molecule has 2 nitrogen and oxygen atoms in total. The van der Waals surface area contributed by atoms with Crippen molar-refractivity contribution in [2.75, 3.05) is 6.54 Å². The molecule has 2 heteroatoms. The summed E-state index contributed by atoms with van der Waals surface area (Å²) in [7, 11) is 0.